The Balaban J connectivity index is 1.50. The van der Waals surface area contributed by atoms with Gasteiger partial charge in [0.2, 0.25) is 5.91 Å². The number of carboxylic acids is 1. The first kappa shape index (κ1) is 24.3. The van der Waals surface area contributed by atoms with E-state index < -0.39 is 17.8 Å². The topological polar surface area (TPSA) is 108 Å². The van der Waals surface area contributed by atoms with E-state index in [1.165, 1.54) is 51.5 Å². The lowest BCUT2D eigenvalue weighted by Gasteiger charge is -2.47. The Morgan fingerprint density at radius 3 is 2.44 bits per heavy atom. The standard InChI is InChI=1S/C25H34FN5O3/c1-17-14-22(19(24(33)34)15-20(17)26)28-23(32)21-10-11-25(30-29-21,31-13-12-27-16-31)18-8-6-4-2-3-5-7-9-18/h12-16,18,21,29-30H,2-11H2,1H3,(H,28,32)(H,33,34). The third kappa shape index (κ3) is 5.15. The first-order valence-corrected chi connectivity index (χ1v) is 12.3. The van der Waals surface area contributed by atoms with Crippen molar-refractivity contribution in [1.82, 2.24) is 20.4 Å². The van der Waals surface area contributed by atoms with Crippen molar-refractivity contribution in [3.63, 3.8) is 0 Å². The second-order valence-electron chi connectivity index (χ2n) is 9.59. The fourth-order valence-corrected chi connectivity index (χ4v) is 5.41. The van der Waals surface area contributed by atoms with Crippen LogP contribution in [0.5, 0.6) is 0 Å². The van der Waals surface area contributed by atoms with Crippen LogP contribution in [0.4, 0.5) is 10.1 Å². The second-order valence-corrected chi connectivity index (χ2v) is 9.59. The molecular formula is C25H34FN5O3. The largest absolute Gasteiger partial charge is 0.478 e. The summed E-state index contributed by atoms with van der Waals surface area (Å²) in [6.07, 6.45) is 16.6. The maximum Gasteiger partial charge on any atom is 0.337 e. The van der Waals surface area contributed by atoms with Gasteiger partial charge in [0.25, 0.3) is 0 Å². The molecule has 8 nitrogen and oxygen atoms in total. The molecule has 2 unspecified atom stereocenters. The normalized spacial score (nSPS) is 24.6. The molecule has 0 bridgehead atoms. The molecule has 1 amide bonds. The van der Waals surface area contributed by atoms with Crippen LogP contribution in [0.1, 0.15) is 80.1 Å². The van der Waals surface area contributed by atoms with Crippen LogP contribution in [0.3, 0.4) is 0 Å². The van der Waals surface area contributed by atoms with Gasteiger partial charge in [0.05, 0.1) is 17.6 Å². The fourth-order valence-electron chi connectivity index (χ4n) is 5.41. The second kappa shape index (κ2) is 10.7. The van der Waals surface area contributed by atoms with Gasteiger partial charge in [0, 0.05) is 12.4 Å². The molecule has 2 atom stereocenters. The van der Waals surface area contributed by atoms with E-state index in [9.17, 15) is 19.1 Å². The van der Waals surface area contributed by atoms with Crippen LogP contribution in [-0.2, 0) is 10.5 Å². The molecule has 9 heteroatoms. The SMILES string of the molecule is Cc1cc(NC(=O)C2CCC(C3CCCCCCCC3)(n3ccnc3)NN2)c(C(=O)O)cc1F. The molecule has 4 rings (SSSR count). The van der Waals surface area contributed by atoms with Crippen LogP contribution in [0.15, 0.2) is 30.9 Å². The molecule has 1 aromatic heterocycles. The van der Waals surface area contributed by atoms with Gasteiger partial charge in [-0.1, -0.05) is 38.5 Å². The molecule has 1 aliphatic heterocycles. The van der Waals surface area contributed by atoms with Gasteiger partial charge in [0.15, 0.2) is 0 Å². The summed E-state index contributed by atoms with van der Waals surface area (Å²) in [6.45, 7) is 1.54. The monoisotopic (exact) mass is 471 g/mol. The maximum absolute atomic E-state index is 13.9. The van der Waals surface area contributed by atoms with Crippen LogP contribution in [0, 0.1) is 18.7 Å². The highest BCUT2D eigenvalue weighted by Crippen LogP contribution is 2.39. The highest BCUT2D eigenvalue weighted by Gasteiger charge is 2.44. The van der Waals surface area contributed by atoms with Crippen LogP contribution in [-0.4, -0.2) is 32.6 Å². The van der Waals surface area contributed by atoms with E-state index in [4.69, 9.17) is 0 Å². The number of carbonyl (C=O) groups is 2. The summed E-state index contributed by atoms with van der Waals surface area (Å²) in [5, 5.41) is 12.1. The number of hydrogen-bond donors (Lipinski definition) is 4. The average molecular weight is 472 g/mol. The zero-order valence-electron chi connectivity index (χ0n) is 19.6. The van der Waals surface area contributed by atoms with Crippen LogP contribution >= 0.6 is 0 Å². The van der Waals surface area contributed by atoms with Crippen molar-refractivity contribution in [1.29, 1.82) is 0 Å². The molecule has 1 aromatic carbocycles. The summed E-state index contributed by atoms with van der Waals surface area (Å²) in [5.74, 6) is -1.86. The van der Waals surface area contributed by atoms with Crippen LogP contribution < -0.4 is 16.2 Å². The molecule has 0 radical (unpaired) electrons. The third-order valence-electron chi connectivity index (χ3n) is 7.38. The molecular weight excluding hydrogens is 437 g/mol. The summed E-state index contributed by atoms with van der Waals surface area (Å²) in [7, 11) is 0. The van der Waals surface area contributed by atoms with E-state index in [0.717, 1.165) is 25.3 Å². The summed E-state index contributed by atoms with van der Waals surface area (Å²) >= 11 is 0. The molecule has 1 saturated heterocycles. The smallest absolute Gasteiger partial charge is 0.337 e. The molecule has 2 aromatic rings. The molecule has 4 N–H and O–H groups in total. The number of hydrazine groups is 1. The van der Waals surface area contributed by atoms with Gasteiger partial charge in [-0.15, -0.1) is 0 Å². The van der Waals surface area contributed by atoms with Gasteiger partial charge >= 0.3 is 5.97 Å². The number of anilines is 1. The van der Waals surface area contributed by atoms with Crippen LogP contribution in [0.25, 0.3) is 0 Å². The summed E-state index contributed by atoms with van der Waals surface area (Å²) in [5.41, 5.74) is 6.42. The number of hydrogen-bond acceptors (Lipinski definition) is 5. The number of aromatic carboxylic acids is 1. The number of rotatable bonds is 5. The van der Waals surface area contributed by atoms with Crippen molar-refractivity contribution in [2.45, 2.75) is 82.8 Å². The van der Waals surface area contributed by atoms with Crippen molar-refractivity contribution in [2.24, 2.45) is 5.92 Å². The number of carboxylic acid groups (broad SMARTS) is 1. The Labute approximate surface area is 199 Å². The number of imidazole rings is 1. The minimum atomic E-state index is -1.29. The molecule has 184 valence electrons. The van der Waals surface area contributed by atoms with Gasteiger partial charge in [-0.3, -0.25) is 4.79 Å². The number of carbonyl (C=O) groups excluding carboxylic acids is 1. The number of amides is 1. The number of benzene rings is 1. The minimum absolute atomic E-state index is 0.0981. The van der Waals surface area contributed by atoms with Gasteiger partial charge in [-0.25, -0.2) is 25.0 Å². The van der Waals surface area contributed by atoms with Crippen molar-refractivity contribution in [2.75, 3.05) is 5.32 Å². The first-order valence-electron chi connectivity index (χ1n) is 12.3. The molecule has 2 heterocycles. The highest BCUT2D eigenvalue weighted by atomic mass is 19.1. The molecule has 1 saturated carbocycles. The summed E-state index contributed by atoms with van der Waals surface area (Å²) < 4.78 is 16.0. The van der Waals surface area contributed by atoms with Gasteiger partial charge < -0.3 is 15.0 Å². The highest BCUT2D eigenvalue weighted by molar-refractivity contribution is 6.02. The molecule has 34 heavy (non-hydrogen) atoms. The van der Waals surface area contributed by atoms with E-state index in [-0.39, 0.29) is 28.4 Å². The number of nitrogens with one attached hydrogen (secondary N) is 3. The summed E-state index contributed by atoms with van der Waals surface area (Å²) in [4.78, 5) is 28.9. The summed E-state index contributed by atoms with van der Waals surface area (Å²) in [6, 6.07) is 1.75. The lowest BCUT2D eigenvalue weighted by atomic mass is 9.79. The molecule has 2 fully saturated rings. The lowest BCUT2D eigenvalue weighted by Crippen LogP contribution is -2.65. The zero-order chi connectivity index (χ0) is 24.1. The number of aryl methyl sites for hydroxylation is 1. The lowest BCUT2D eigenvalue weighted by molar-refractivity contribution is -0.120. The van der Waals surface area contributed by atoms with Crippen molar-refractivity contribution >= 4 is 17.6 Å². The minimum Gasteiger partial charge on any atom is -0.478 e. The van der Waals surface area contributed by atoms with E-state index in [1.807, 2.05) is 12.5 Å². The van der Waals surface area contributed by atoms with Crippen LogP contribution in [0.2, 0.25) is 0 Å². The Morgan fingerprint density at radius 1 is 1.15 bits per heavy atom. The Hall–Kier alpha value is -2.78. The van der Waals surface area contributed by atoms with Crippen molar-refractivity contribution < 1.29 is 19.1 Å². The van der Waals surface area contributed by atoms with E-state index in [2.05, 4.69) is 25.7 Å². The Kier molecular flexibility index (Phi) is 7.63. The van der Waals surface area contributed by atoms with Gasteiger partial charge in [0.1, 0.15) is 17.5 Å². The molecule has 2 aliphatic rings. The molecule has 1 aliphatic carbocycles. The third-order valence-corrected chi connectivity index (χ3v) is 7.38. The number of nitrogens with zero attached hydrogens (tertiary/aromatic N) is 2. The molecule has 0 spiro atoms. The van der Waals surface area contributed by atoms with Crippen molar-refractivity contribution in [3.05, 3.63) is 47.8 Å². The number of halogens is 1. The van der Waals surface area contributed by atoms with E-state index >= 15 is 0 Å². The predicted octanol–water partition coefficient (Wildman–Crippen LogP) is 4.33. The van der Waals surface area contributed by atoms with E-state index in [1.54, 1.807) is 6.20 Å². The van der Waals surface area contributed by atoms with E-state index in [0.29, 0.717) is 12.3 Å². The predicted molar refractivity (Wildman–Crippen MR) is 127 cm³/mol. The first-order chi connectivity index (χ1) is 16.4. The maximum atomic E-state index is 13.9. The quantitative estimate of drug-likeness (QED) is 0.517. The fraction of sp³-hybridized carbons (Fsp3) is 0.560. The Bertz CT molecular complexity index is 992. The van der Waals surface area contributed by atoms with Crippen molar-refractivity contribution in [3.8, 4) is 0 Å². The Morgan fingerprint density at radius 2 is 1.85 bits per heavy atom. The average Bonchev–Trinajstić information content (AvgIpc) is 3.40. The van der Waals surface area contributed by atoms with Gasteiger partial charge in [-0.05, 0) is 56.2 Å². The zero-order valence-corrected chi connectivity index (χ0v) is 19.6. The van der Waals surface area contributed by atoms with Gasteiger partial charge in [-0.2, -0.15) is 0 Å². The number of aromatic nitrogens is 2.